The summed E-state index contributed by atoms with van der Waals surface area (Å²) in [5, 5.41) is 0.817. The Balaban J connectivity index is 2.26. The second kappa shape index (κ2) is 5.87. The summed E-state index contributed by atoms with van der Waals surface area (Å²) in [4.78, 5) is 20.8. The smallest absolute Gasteiger partial charge is 0.284 e. The van der Waals surface area contributed by atoms with Crippen LogP contribution in [0.25, 0.3) is 0 Å². The Kier molecular flexibility index (Phi) is 4.38. The molecule has 0 N–H and O–H groups in total. The van der Waals surface area contributed by atoms with Crippen LogP contribution in [0.5, 0.6) is 0 Å². The van der Waals surface area contributed by atoms with Crippen LogP contribution in [0.1, 0.15) is 27.7 Å². The van der Waals surface area contributed by atoms with Gasteiger partial charge in [-0.2, -0.15) is 0 Å². The molecule has 2 amide bonds. The summed E-state index contributed by atoms with van der Waals surface area (Å²) in [6.07, 6.45) is 0. The second-order valence-electron chi connectivity index (χ2n) is 5.63. The molecule has 0 aromatic heterocycles. The van der Waals surface area contributed by atoms with Crippen molar-refractivity contribution in [3.8, 4) is 0 Å². The van der Waals surface area contributed by atoms with Gasteiger partial charge in [-0.15, -0.1) is 0 Å². The standard InChI is InChI=1S/C15H21N3OS/c1-5-17-13(16-15(2,3)4)20-11-18(14(17)19)12-9-7-6-8-10-12/h6-10H,5,11H2,1-4H3. The maximum atomic E-state index is 12.6. The molecule has 1 aromatic carbocycles. The molecule has 0 aliphatic carbocycles. The molecule has 0 spiro atoms. The highest BCUT2D eigenvalue weighted by Gasteiger charge is 2.31. The molecule has 0 unspecified atom stereocenters. The first-order chi connectivity index (χ1) is 9.42. The summed E-state index contributed by atoms with van der Waals surface area (Å²) in [5.41, 5.74) is 0.753. The first-order valence-corrected chi connectivity index (χ1v) is 7.77. The van der Waals surface area contributed by atoms with E-state index in [0.29, 0.717) is 12.4 Å². The lowest BCUT2D eigenvalue weighted by Crippen LogP contribution is -2.50. The van der Waals surface area contributed by atoms with E-state index in [1.807, 2.05) is 58.0 Å². The largest absolute Gasteiger partial charge is 0.331 e. The summed E-state index contributed by atoms with van der Waals surface area (Å²) < 4.78 is 0. The lowest BCUT2D eigenvalue weighted by atomic mass is 10.1. The zero-order chi connectivity index (χ0) is 14.8. The van der Waals surface area contributed by atoms with Crippen LogP contribution < -0.4 is 4.90 Å². The van der Waals surface area contributed by atoms with E-state index in [1.54, 1.807) is 21.6 Å². The Hall–Kier alpha value is -1.49. The van der Waals surface area contributed by atoms with Crippen molar-refractivity contribution in [2.75, 3.05) is 17.3 Å². The van der Waals surface area contributed by atoms with Gasteiger partial charge < -0.3 is 0 Å². The van der Waals surface area contributed by atoms with Gasteiger partial charge in [0.05, 0.1) is 11.4 Å². The fraction of sp³-hybridized carbons (Fsp3) is 0.467. The average molecular weight is 291 g/mol. The van der Waals surface area contributed by atoms with Crippen LogP contribution in [0.3, 0.4) is 0 Å². The number of carbonyl (C=O) groups is 1. The SMILES string of the molecule is CCN1C(=O)N(c2ccccc2)CSC1=NC(C)(C)C. The number of rotatable bonds is 2. The summed E-state index contributed by atoms with van der Waals surface area (Å²) in [5.74, 6) is 0.605. The summed E-state index contributed by atoms with van der Waals surface area (Å²) >= 11 is 1.61. The highest BCUT2D eigenvalue weighted by molar-refractivity contribution is 8.14. The van der Waals surface area contributed by atoms with Crippen LogP contribution in [-0.2, 0) is 0 Å². The number of urea groups is 1. The number of hydrogen-bond donors (Lipinski definition) is 0. The van der Waals surface area contributed by atoms with Gasteiger partial charge in [0.2, 0.25) is 0 Å². The molecule has 1 saturated heterocycles. The Morgan fingerprint density at radius 2 is 1.90 bits per heavy atom. The molecule has 1 fully saturated rings. The van der Waals surface area contributed by atoms with E-state index in [9.17, 15) is 4.79 Å². The number of carbonyl (C=O) groups excluding carboxylic acids is 1. The average Bonchev–Trinajstić information content (AvgIpc) is 2.38. The minimum absolute atomic E-state index is 0.000417. The lowest BCUT2D eigenvalue weighted by molar-refractivity contribution is 0.229. The van der Waals surface area contributed by atoms with Gasteiger partial charge in [-0.3, -0.25) is 14.8 Å². The minimum Gasteiger partial charge on any atom is -0.284 e. The number of aliphatic imine (C=N–C) groups is 1. The van der Waals surface area contributed by atoms with Gasteiger partial charge in [0.1, 0.15) is 0 Å². The summed E-state index contributed by atoms with van der Waals surface area (Å²) in [6.45, 7) is 8.74. The predicted octanol–water partition coefficient (Wildman–Crippen LogP) is 3.79. The monoisotopic (exact) mass is 291 g/mol. The van der Waals surface area contributed by atoms with Gasteiger partial charge in [0.25, 0.3) is 0 Å². The Morgan fingerprint density at radius 1 is 1.25 bits per heavy atom. The summed E-state index contributed by atoms with van der Waals surface area (Å²) in [6, 6.07) is 9.76. The third-order valence-electron chi connectivity index (χ3n) is 2.83. The van der Waals surface area contributed by atoms with Crippen molar-refractivity contribution in [1.29, 1.82) is 0 Å². The number of anilines is 1. The number of amidine groups is 1. The normalized spacial score (nSPS) is 18.8. The molecular weight excluding hydrogens is 270 g/mol. The van der Waals surface area contributed by atoms with E-state index in [2.05, 4.69) is 4.99 Å². The van der Waals surface area contributed by atoms with Gasteiger partial charge in [-0.05, 0) is 39.8 Å². The molecule has 5 heteroatoms. The van der Waals surface area contributed by atoms with Crippen molar-refractivity contribution < 1.29 is 4.79 Å². The minimum atomic E-state index is -0.176. The van der Waals surface area contributed by atoms with E-state index in [0.717, 1.165) is 10.9 Å². The molecule has 0 bridgehead atoms. The first-order valence-electron chi connectivity index (χ1n) is 6.79. The quantitative estimate of drug-likeness (QED) is 0.831. The van der Waals surface area contributed by atoms with Gasteiger partial charge in [0, 0.05) is 12.2 Å². The Morgan fingerprint density at radius 3 is 2.45 bits per heavy atom. The maximum Gasteiger partial charge on any atom is 0.331 e. The Labute approximate surface area is 124 Å². The number of para-hydroxylation sites is 1. The van der Waals surface area contributed by atoms with Crippen molar-refractivity contribution in [1.82, 2.24) is 4.90 Å². The molecular formula is C15H21N3OS. The van der Waals surface area contributed by atoms with E-state index in [-0.39, 0.29) is 11.6 Å². The van der Waals surface area contributed by atoms with Crippen LogP contribution in [0.15, 0.2) is 35.3 Å². The van der Waals surface area contributed by atoms with E-state index in [1.165, 1.54) is 0 Å². The molecule has 1 aromatic rings. The van der Waals surface area contributed by atoms with Crippen molar-refractivity contribution in [3.63, 3.8) is 0 Å². The van der Waals surface area contributed by atoms with Crippen LogP contribution in [0, 0.1) is 0 Å². The molecule has 1 aliphatic rings. The number of hydrogen-bond acceptors (Lipinski definition) is 3. The number of nitrogens with zero attached hydrogens (tertiary/aromatic N) is 3. The zero-order valence-corrected chi connectivity index (χ0v) is 13.3. The zero-order valence-electron chi connectivity index (χ0n) is 12.5. The molecule has 20 heavy (non-hydrogen) atoms. The third kappa shape index (κ3) is 3.33. The predicted molar refractivity (Wildman–Crippen MR) is 86.3 cm³/mol. The highest BCUT2D eigenvalue weighted by atomic mass is 32.2. The molecule has 1 heterocycles. The van der Waals surface area contributed by atoms with Gasteiger partial charge in [0.15, 0.2) is 5.17 Å². The van der Waals surface area contributed by atoms with E-state index < -0.39 is 0 Å². The number of benzene rings is 1. The van der Waals surface area contributed by atoms with Crippen LogP contribution in [0.2, 0.25) is 0 Å². The molecule has 0 radical (unpaired) electrons. The van der Waals surface area contributed by atoms with Crippen LogP contribution in [-0.4, -0.2) is 34.1 Å². The Bertz CT molecular complexity index is 508. The van der Waals surface area contributed by atoms with Crippen molar-refractivity contribution in [3.05, 3.63) is 30.3 Å². The highest BCUT2D eigenvalue weighted by Crippen LogP contribution is 2.27. The maximum absolute atomic E-state index is 12.6. The molecule has 1 aliphatic heterocycles. The first kappa shape index (κ1) is 14.9. The van der Waals surface area contributed by atoms with Gasteiger partial charge >= 0.3 is 6.03 Å². The molecule has 0 saturated carbocycles. The fourth-order valence-electron chi connectivity index (χ4n) is 1.93. The number of thioether (sulfide) groups is 1. The van der Waals surface area contributed by atoms with E-state index in [4.69, 9.17) is 0 Å². The molecule has 2 rings (SSSR count). The molecule has 0 atom stereocenters. The topological polar surface area (TPSA) is 35.9 Å². The van der Waals surface area contributed by atoms with Crippen molar-refractivity contribution in [2.45, 2.75) is 33.2 Å². The van der Waals surface area contributed by atoms with E-state index >= 15 is 0 Å². The number of amides is 2. The summed E-state index contributed by atoms with van der Waals surface area (Å²) in [7, 11) is 0. The van der Waals surface area contributed by atoms with Crippen LogP contribution in [0.4, 0.5) is 10.5 Å². The molecule has 108 valence electrons. The lowest BCUT2D eigenvalue weighted by Gasteiger charge is -2.36. The fourth-order valence-corrected chi connectivity index (χ4v) is 3.13. The molecule has 4 nitrogen and oxygen atoms in total. The van der Waals surface area contributed by atoms with Gasteiger partial charge in [-0.1, -0.05) is 30.0 Å². The third-order valence-corrected chi connectivity index (χ3v) is 3.79. The second-order valence-corrected chi connectivity index (χ2v) is 6.54. The van der Waals surface area contributed by atoms with Gasteiger partial charge in [-0.25, -0.2) is 4.79 Å². The van der Waals surface area contributed by atoms with Crippen LogP contribution >= 0.6 is 11.8 Å². The van der Waals surface area contributed by atoms with Crippen molar-refractivity contribution in [2.24, 2.45) is 4.99 Å². The van der Waals surface area contributed by atoms with Crippen molar-refractivity contribution >= 4 is 28.6 Å².